The van der Waals surface area contributed by atoms with Crippen LogP contribution in [0.3, 0.4) is 0 Å². The molecule has 2 fully saturated rings. The molecule has 19 heavy (non-hydrogen) atoms. The van der Waals surface area contributed by atoms with E-state index in [-0.39, 0.29) is 18.1 Å². The van der Waals surface area contributed by atoms with E-state index in [9.17, 15) is 9.90 Å². The summed E-state index contributed by atoms with van der Waals surface area (Å²) in [4.78, 5) is 14.0. The van der Waals surface area contributed by atoms with Crippen LogP contribution in [-0.2, 0) is 9.53 Å². The molecule has 5 nitrogen and oxygen atoms in total. The Kier molecular flexibility index (Phi) is 5.60. The molecule has 1 amide bonds. The van der Waals surface area contributed by atoms with Crippen molar-refractivity contribution in [2.45, 2.75) is 57.2 Å². The summed E-state index contributed by atoms with van der Waals surface area (Å²) in [7, 11) is 0. The van der Waals surface area contributed by atoms with Crippen LogP contribution >= 0.6 is 0 Å². The van der Waals surface area contributed by atoms with E-state index in [1.165, 1.54) is 0 Å². The van der Waals surface area contributed by atoms with Gasteiger partial charge >= 0.3 is 0 Å². The summed E-state index contributed by atoms with van der Waals surface area (Å²) in [6, 6.07) is 0.659. The Labute approximate surface area is 115 Å². The number of morpholine rings is 1. The second kappa shape index (κ2) is 7.22. The van der Waals surface area contributed by atoms with Crippen LogP contribution in [0.2, 0.25) is 0 Å². The van der Waals surface area contributed by atoms with Crippen LogP contribution in [0.5, 0.6) is 0 Å². The van der Waals surface area contributed by atoms with E-state index in [0.29, 0.717) is 25.7 Å². The number of nitrogens with zero attached hydrogens (tertiary/aromatic N) is 1. The molecule has 1 saturated heterocycles. The quantitative estimate of drug-likeness (QED) is 0.782. The third-order valence-electron chi connectivity index (χ3n) is 4.06. The largest absolute Gasteiger partial charge is 0.393 e. The van der Waals surface area contributed by atoms with E-state index >= 15 is 0 Å². The predicted octanol–water partition coefficient (Wildman–Crippen LogP) is 0.517. The monoisotopic (exact) mass is 270 g/mol. The maximum Gasteiger partial charge on any atom is 0.224 e. The topological polar surface area (TPSA) is 61.8 Å². The van der Waals surface area contributed by atoms with Crippen LogP contribution < -0.4 is 5.32 Å². The Bertz CT molecular complexity index is 284. The summed E-state index contributed by atoms with van der Waals surface area (Å²) in [5.41, 5.74) is 0. The summed E-state index contributed by atoms with van der Waals surface area (Å²) < 4.78 is 5.25. The standard InChI is InChI=1S/C14H26N2O3/c1-11(15-12-2-4-13(17)5-3-12)10-14(18)16-6-8-19-9-7-16/h11-13,15,17H,2-10H2,1H3. The minimum Gasteiger partial charge on any atom is -0.393 e. The number of carbonyl (C=O) groups is 1. The number of carbonyl (C=O) groups excluding carboxylic acids is 1. The van der Waals surface area contributed by atoms with Gasteiger partial charge in [-0.05, 0) is 32.6 Å². The van der Waals surface area contributed by atoms with Gasteiger partial charge in [0.1, 0.15) is 0 Å². The molecule has 5 heteroatoms. The second-order valence-electron chi connectivity index (χ2n) is 5.77. The van der Waals surface area contributed by atoms with E-state index in [0.717, 1.165) is 38.8 Å². The van der Waals surface area contributed by atoms with Gasteiger partial charge in [-0.15, -0.1) is 0 Å². The summed E-state index contributed by atoms with van der Waals surface area (Å²) in [6.45, 7) is 4.84. The lowest BCUT2D eigenvalue weighted by molar-refractivity contribution is -0.135. The molecule has 1 unspecified atom stereocenters. The number of aliphatic hydroxyl groups excluding tert-OH is 1. The maximum absolute atomic E-state index is 12.1. The number of aliphatic hydroxyl groups is 1. The van der Waals surface area contributed by atoms with Gasteiger partial charge in [0.25, 0.3) is 0 Å². The first-order valence-electron chi connectivity index (χ1n) is 7.45. The van der Waals surface area contributed by atoms with Gasteiger partial charge in [-0.3, -0.25) is 4.79 Å². The highest BCUT2D eigenvalue weighted by Crippen LogP contribution is 2.19. The van der Waals surface area contributed by atoms with Crippen molar-refractivity contribution in [3.8, 4) is 0 Å². The van der Waals surface area contributed by atoms with Gasteiger partial charge in [0.05, 0.1) is 19.3 Å². The molecule has 1 heterocycles. The summed E-state index contributed by atoms with van der Waals surface area (Å²) in [5, 5.41) is 13.0. The molecule has 2 rings (SSSR count). The molecular weight excluding hydrogens is 244 g/mol. The molecule has 1 saturated carbocycles. The van der Waals surface area contributed by atoms with E-state index in [4.69, 9.17) is 4.74 Å². The molecule has 1 aliphatic heterocycles. The highest BCUT2D eigenvalue weighted by Gasteiger charge is 2.23. The summed E-state index contributed by atoms with van der Waals surface area (Å²) >= 11 is 0. The lowest BCUT2D eigenvalue weighted by Crippen LogP contribution is -2.45. The van der Waals surface area contributed by atoms with Crippen molar-refractivity contribution in [2.75, 3.05) is 26.3 Å². The maximum atomic E-state index is 12.1. The molecule has 0 aromatic heterocycles. The van der Waals surface area contributed by atoms with Crippen LogP contribution in [-0.4, -0.2) is 60.4 Å². The third-order valence-corrected chi connectivity index (χ3v) is 4.06. The fraction of sp³-hybridized carbons (Fsp3) is 0.929. The average Bonchev–Trinajstić information content (AvgIpc) is 2.42. The lowest BCUT2D eigenvalue weighted by atomic mass is 9.92. The average molecular weight is 270 g/mol. The zero-order chi connectivity index (χ0) is 13.7. The Hall–Kier alpha value is -0.650. The summed E-state index contributed by atoms with van der Waals surface area (Å²) in [5.74, 6) is 0.221. The number of hydrogen-bond acceptors (Lipinski definition) is 4. The van der Waals surface area contributed by atoms with Crippen molar-refractivity contribution in [3.05, 3.63) is 0 Å². The fourth-order valence-corrected chi connectivity index (χ4v) is 2.91. The van der Waals surface area contributed by atoms with E-state index < -0.39 is 0 Å². The Morgan fingerprint density at radius 3 is 2.58 bits per heavy atom. The molecule has 1 atom stereocenters. The Morgan fingerprint density at radius 1 is 1.32 bits per heavy atom. The zero-order valence-electron chi connectivity index (χ0n) is 11.8. The molecule has 110 valence electrons. The number of amides is 1. The van der Waals surface area contributed by atoms with Crippen LogP contribution in [0, 0.1) is 0 Å². The van der Waals surface area contributed by atoms with Crippen LogP contribution in [0.15, 0.2) is 0 Å². The van der Waals surface area contributed by atoms with Crippen molar-refractivity contribution in [2.24, 2.45) is 0 Å². The SMILES string of the molecule is CC(CC(=O)N1CCOCC1)NC1CCC(O)CC1. The van der Waals surface area contributed by atoms with Gasteiger partial charge in [0.15, 0.2) is 0 Å². The lowest BCUT2D eigenvalue weighted by Gasteiger charge is -2.31. The molecule has 0 bridgehead atoms. The molecular formula is C14H26N2O3. The van der Waals surface area contributed by atoms with Gasteiger partial charge in [-0.2, -0.15) is 0 Å². The van der Waals surface area contributed by atoms with Crippen LogP contribution in [0.4, 0.5) is 0 Å². The molecule has 0 aromatic carbocycles. The fourth-order valence-electron chi connectivity index (χ4n) is 2.91. The highest BCUT2D eigenvalue weighted by atomic mass is 16.5. The van der Waals surface area contributed by atoms with Crippen LogP contribution in [0.25, 0.3) is 0 Å². The van der Waals surface area contributed by atoms with Gasteiger partial charge < -0.3 is 20.1 Å². The predicted molar refractivity (Wildman–Crippen MR) is 72.9 cm³/mol. The molecule has 2 aliphatic rings. The number of rotatable bonds is 4. The molecule has 0 spiro atoms. The number of hydrogen-bond donors (Lipinski definition) is 2. The molecule has 0 aromatic rings. The Balaban J connectivity index is 1.68. The van der Waals surface area contributed by atoms with Crippen molar-refractivity contribution < 1.29 is 14.6 Å². The van der Waals surface area contributed by atoms with Crippen molar-refractivity contribution in [1.82, 2.24) is 10.2 Å². The summed E-state index contributed by atoms with van der Waals surface area (Å²) in [6.07, 6.45) is 4.21. The second-order valence-corrected chi connectivity index (χ2v) is 5.77. The first-order valence-corrected chi connectivity index (χ1v) is 7.45. The van der Waals surface area contributed by atoms with Crippen molar-refractivity contribution >= 4 is 5.91 Å². The minimum absolute atomic E-state index is 0.122. The third kappa shape index (κ3) is 4.75. The van der Waals surface area contributed by atoms with Gasteiger partial charge in [-0.1, -0.05) is 0 Å². The van der Waals surface area contributed by atoms with Crippen molar-refractivity contribution in [1.29, 1.82) is 0 Å². The number of ether oxygens (including phenoxy) is 1. The molecule has 1 aliphatic carbocycles. The van der Waals surface area contributed by atoms with E-state index in [1.54, 1.807) is 0 Å². The van der Waals surface area contributed by atoms with Gasteiger partial charge in [0.2, 0.25) is 5.91 Å². The minimum atomic E-state index is -0.122. The van der Waals surface area contributed by atoms with E-state index in [1.807, 2.05) is 4.90 Å². The number of nitrogens with one attached hydrogen (secondary N) is 1. The zero-order valence-corrected chi connectivity index (χ0v) is 11.8. The smallest absolute Gasteiger partial charge is 0.224 e. The Morgan fingerprint density at radius 2 is 1.95 bits per heavy atom. The molecule has 0 radical (unpaired) electrons. The van der Waals surface area contributed by atoms with Crippen LogP contribution in [0.1, 0.15) is 39.0 Å². The van der Waals surface area contributed by atoms with Gasteiger partial charge in [-0.25, -0.2) is 0 Å². The highest BCUT2D eigenvalue weighted by molar-refractivity contribution is 5.76. The first kappa shape index (κ1) is 14.8. The van der Waals surface area contributed by atoms with Crippen molar-refractivity contribution in [3.63, 3.8) is 0 Å². The van der Waals surface area contributed by atoms with Gasteiger partial charge in [0, 0.05) is 31.6 Å². The van der Waals surface area contributed by atoms with E-state index in [2.05, 4.69) is 12.2 Å². The molecule has 2 N–H and O–H groups in total. The normalized spacial score (nSPS) is 30.1. The first-order chi connectivity index (χ1) is 9.15.